The minimum Gasteiger partial charge on any atom is -0.468 e. The van der Waals surface area contributed by atoms with Gasteiger partial charge in [-0.25, -0.2) is 4.98 Å². The Hall–Kier alpha value is -1.83. The van der Waals surface area contributed by atoms with Crippen molar-refractivity contribution in [2.24, 2.45) is 0 Å². The highest BCUT2D eigenvalue weighted by Gasteiger charge is 2.28. The maximum Gasteiger partial charge on any atom is 0.422 e. The number of amides is 1. The van der Waals surface area contributed by atoms with Gasteiger partial charge in [0, 0.05) is 19.2 Å². The molecule has 1 heterocycles. The van der Waals surface area contributed by atoms with Gasteiger partial charge in [0.1, 0.15) is 5.69 Å². The van der Waals surface area contributed by atoms with E-state index in [1.165, 1.54) is 18.2 Å². The molecular weight excluding hydrogens is 277 g/mol. The molecule has 0 unspecified atom stereocenters. The fourth-order valence-electron chi connectivity index (χ4n) is 1.31. The van der Waals surface area contributed by atoms with Gasteiger partial charge >= 0.3 is 6.18 Å². The van der Waals surface area contributed by atoms with Crippen LogP contribution in [0, 0.1) is 0 Å². The molecule has 0 fully saturated rings. The zero-order valence-corrected chi connectivity index (χ0v) is 10.6. The molecule has 0 aliphatic heterocycles. The lowest BCUT2D eigenvalue weighted by atomic mass is 10.3. The van der Waals surface area contributed by atoms with E-state index < -0.39 is 18.7 Å². The molecule has 20 heavy (non-hydrogen) atoms. The summed E-state index contributed by atoms with van der Waals surface area (Å²) in [6, 6.07) is 4.01. The lowest BCUT2D eigenvalue weighted by molar-refractivity contribution is -0.154. The van der Waals surface area contributed by atoms with E-state index in [2.05, 4.69) is 15.0 Å². The van der Waals surface area contributed by atoms with Crippen LogP contribution in [0.1, 0.15) is 23.3 Å². The number of alkyl halides is 3. The molecule has 2 N–H and O–H groups in total. The normalized spacial score (nSPS) is 11.2. The third-order valence-electron chi connectivity index (χ3n) is 2.21. The molecule has 112 valence electrons. The number of unbranched alkanes of at least 4 members (excludes halogenated alkanes) is 1. The second-order valence-corrected chi connectivity index (χ2v) is 3.95. The van der Waals surface area contributed by atoms with Gasteiger partial charge in [-0.15, -0.1) is 0 Å². The number of nitrogens with zero attached hydrogens (tertiary/aromatic N) is 1. The predicted molar refractivity (Wildman–Crippen MR) is 64.4 cm³/mol. The molecule has 0 aliphatic rings. The highest BCUT2D eigenvalue weighted by atomic mass is 19.4. The topological polar surface area (TPSA) is 71.5 Å². The SMILES string of the molecule is O=C(NCCCCO)c1cccc(OCC(F)(F)F)n1. The maximum atomic E-state index is 12.0. The van der Waals surface area contributed by atoms with Crippen molar-refractivity contribution in [1.29, 1.82) is 0 Å². The van der Waals surface area contributed by atoms with Gasteiger partial charge in [0.05, 0.1) is 0 Å². The Balaban J connectivity index is 2.52. The van der Waals surface area contributed by atoms with Crippen molar-refractivity contribution in [1.82, 2.24) is 10.3 Å². The fourth-order valence-corrected chi connectivity index (χ4v) is 1.31. The Kier molecular flexibility index (Phi) is 6.23. The molecule has 1 amide bonds. The molecule has 1 rings (SSSR count). The molecule has 1 aromatic heterocycles. The van der Waals surface area contributed by atoms with E-state index in [0.29, 0.717) is 19.4 Å². The summed E-state index contributed by atoms with van der Waals surface area (Å²) >= 11 is 0. The standard InChI is InChI=1S/C12H15F3N2O3/c13-12(14,15)8-20-10-5-3-4-9(17-10)11(19)16-6-1-2-7-18/h3-5,18H,1-2,6-8H2,(H,16,19). The quantitative estimate of drug-likeness (QED) is 0.748. The van der Waals surface area contributed by atoms with E-state index in [0.717, 1.165) is 0 Å². The molecule has 1 aromatic rings. The number of nitrogens with one attached hydrogen (secondary N) is 1. The monoisotopic (exact) mass is 292 g/mol. The summed E-state index contributed by atoms with van der Waals surface area (Å²) in [6.45, 7) is -1.06. The lowest BCUT2D eigenvalue weighted by Crippen LogP contribution is -2.26. The van der Waals surface area contributed by atoms with Crippen LogP contribution in [0.4, 0.5) is 13.2 Å². The predicted octanol–water partition coefficient (Wildman–Crippen LogP) is 1.52. The van der Waals surface area contributed by atoms with Gasteiger partial charge in [-0.1, -0.05) is 6.07 Å². The second kappa shape index (κ2) is 7.68. The molecule has 0 atom stereocenters. The smallest absolute Gasteiger partial charge is 0.422 e. The van der Waals surface area contributed by atoms with Crippen LogP contribution in [-0.4, -0.2) is 41.9 Å². The van der Waals surface area contributed by atoms with Crippen molar-refractivity contribution in [3.05, 3.63) is 23.9 Å². The maximum absolute atomic E-state index is 12.0. The van der Waals surface area contributed by atoms with Gasteiger partial charge in [0.15, 0.2) is 6.61 Å². The Morgan fingerprint density at radius 1 is 1.35 bits per heavy atom. The van der Waals surface area contributed by atoms with E-state index in [1.54, 1.807) is 0 Å². The van der Waals surface area contributed by atoms with Crippen molar-refractivity contribution >= 4 is 5.91 Å². The van der Waals surface area contributed by atoms with Gasteiger partial charge in [-0.05, 0) is 18.9 Å². The van der Waals surface area contributed by atoms with Gasteiger partial charge in [-0.2, -0.15) is 13.2 Å². The average Bonchev–Trinajstić information content (AvgIpc) is 2.41. The molecule has 0 bridgehead atoms. The largest absolute Gasteiger partial charge is 0.468 e. The van der Waals surface area contributed by atoms with Crippen LogP contribution in [0.2, 0.25) is 0 Å². The van der Waals surface area contributed by atoms with Crippen molar-refractivity contribution < 1.29 is 27.8 Å². The first-order valence-electron chi connectivity index (χ1n) is 5.98. The fraction of sp³-hybridized carbons (Fsp3) is 0.500. The van der Waals surface area contributed by atoms with Crippen molar-refractivity contribution in [3.63, 3.8) is 0 Å². The van der Waals surface area contributed by atoms with E-state index >= 15 is 0 Å². The summed E-state index contributed by atoms with van der Waals surface area (Å²) in [5.41, 5.74) is -0.0197. The summed E-state index contributed by atoms with van der Waals surface area (Å²) in [7, 11) is 0. The lowest BCUT2D eigenvalue weighted by Gasteiger charge is -2.09. The van der Waals surface area contributed by atoms with Crippen molar-refractivity contribution in [2.45, 2.75) is 19.0 Å². The van der Waals surface area contributed by atoms with Crippen molar-refractivity contribution in [2.75, 3.05) is 19.8 Å². The van der Waals surface area contributed by atoms with Crippen LogP contribution in [0.5, 0.6) is 5.88 Å². The van der Waals surface area contributed by atoms with E-state index in [1.807, 2.05) is 0 Å². The number of rotatable bonds is 7. The molecule has 0 saturated heterocycles. The first-order valence-corrected chi connectivity index (χ1v) is 5.98. The molecule has 0 aliphatic carbocycles. The summed E-state index contributed by atoms with van der Waals surface area (Å²) in [6.07, 6.45) is -3.29. The number of hydrogen-bond acceptors (Lipinski definition) is 4. The number of carbonyl (C=O) groups is 1. The van der Waals surface area contributed by atoms with Crippen LogP contribution in [0.25, 0.3) is 0 Å². The van der Waals surface area contributed by atoms with Crippen LogP contribution >= 0.6 is 0 Å². The highest BCUT2D eigenvalue weighted by molar-refractivity contribution is 5.92. The van der Waals surface area contributed by atoms with Gasteiger partial charge in [-0.3, -0.25) is 4.79 Å². The number of aliphatic hydroxyl groups excluding tert-OH is 1. The second-order valence-electron chi connectivity index (χ2n) is 3.95. The van der Waals surface area contributed by atoms with E-state index in [-0.39, 0.29) is 18.2 Å². The molecule has 0 spiro atoms. The first-order chi connectivity index (χ1) is 9.42. The van der Waals surface area contributed by atoms with E-state index in [4.69, 9.17) is 5.11 Å². The van der Waals surface area contributed by atoms with Crippen LogP contribution in [0.15, 0.2) is 18.2 Å². The van der Waals surface area contributed by atoms with Crippen LogP contribution in [-0.2, 0) is 0 Å². The Bertz CT molecular complexity index is 438. The zero-order chi connectivity index (χ0) is 15.0. The third-order valence-corrected chi connectivity index (χ3v) is 2.21. The first kappa shape index (κ1) is 16.2. The molecule has 0 saturated carbocycles. The Morgan fingerprint density at radius 2 is 2.10 bits per heavy atom. The van der Waals surface area contributed by atoms with Crippen molar-refractivity contribution in [3.8, 4) is 5.88 Å². The number of aliphatic hydroxyl groups is 1. The molecule has 0 aromatic carbocycles. The van der Waals surface area contributed by atoms with Gasteiger partial charge in [0.25, 0.3) is 5.91 Å². The van der Waals surface area contributed by atoms with Crippen LogP contribution in [0.3, 0.4) is 0 Å². The molecule has 8 heteroatoms. The van der Waals surface area contributed by atoms with Gasteiger partial charge < -0.3 is 15.2 Å². The summed E-state index contributed by atoms with van der Waals surface area (Å²) < 4.78 is 40.4. The number of carbonyl (C=O) groups excluding carboxylic acids is 1. The molecule has 0 radical (unpaired) electrons. The minimum atomic E-state index is -4.45. The molecular formula is C12H15F3N2O3. The minimum absolute atomic E-state index is 0.0197. The summed E-state index contributed by atoms with van der Waals surface area (Å²) in [4.78, 5) is 15.3. The van der Waals surface area contributed by atoms with E-state index in [9.17, 15) is 18.0 Å². The Morgan fingerprint density at radius 3 is 2.75 bits per heavy atom. The number of halogens is 3. The average molecular weight is 292 g/mol. The Labute approximate surface area is 113 Å². The number of ether oxygens (including phenoxy) is 1. The molecule has 5 nitrogen and oxygen atoms in total. The van der Waals surface area contributed by atoms with Crippen LogP contribution < -0.4 is 10.1 Å². The number of pyridine rings is 1. The summed E-state index contributed by atoms with van der Waals surface area (Å²) in [5, 5.41) is 11.1. The zero-order valence-electron chi connectivity index (χ0n) is 10.6. The third kappa shape index (κ3) is 6.37. The highest BCUT2D eigenvalue weighted by Crippen LogP contribution is 2.17. The summed E-state index contributed by atoms with van der Waals surface area (Å²) in [5.74, 6) is -0.759. The number of hydrogen-bond donors (Lipinski definition) is 2. The number of aromatic nitrogens is 1. The van der Waals surface area contributed by atoms with Gasteiger partial charge in [0.2, 0.25) is 5.88 Å².